The van der Waals surface area contributed by atoms with Crippen LogP contribution in [0.15, 0.2) is 60.7 Å². The molecule has 0 aromatic heterocycles. The highest BCUT2D eigenvalue weighted by molar-refractivity contribution is 6.75. The molecule has 31 heteroatoms. The first-order chi connectivity index (χ1) is 62.7. The average Bonchev–Trinajstić information content (AvgIpc) is 1.43. The number of amides is 1. The molecule has 1 amide bonds. The number of ether oxygens (including phenoxy) is 11. The van der Waals surface area contributed by atoms with Gasteiger partial charge in [-0.1, -0.05) is 110 Å². The number of nitrogens with two attached hydrogens (primary N) is 1. The summed E-state index contributed by atoms with van der Waals surface area (Å²) in [6.07, 6.45) is 3.83. The third-order valence-electron chi connectivity index (χ3n) is 28.5. The van der Waals surface area contributed by atoms with Crippen molar-refractivity contribution in [3.8, 4) is 80.1 Å². The molecule has 0 bridgehead atoms. The molecule has 3 fully saturated rings. The molecule has 10 atom stereocenters. The minimum atomic E-state index is -2.02. The third kappa shape index (κ3) is 22.2. The Kier molecular flexibility index (Phi) is 36.8. The molecule has 131 heavy (non-hydrogen) atoms. The van der Waals surface area contributed by atoms with Crippen molar-refractivity contribution >= 4 is 22.7 Å². The topological polar surface area (TPSA) is 298 Å². The summed E-state index contributed by atoms with van der Waals surface area (Å²) >= 11 is 0. The molecule has 0 radical (unpaired) electrons. The second-order valence-corrected chi connectivity index (χ2v) is 46.6. The first-order valence-corrected chi connectivity index (χ1v) is 51.1. The van der Waals surface area contributed by atoms with E-state index in [2.05, 4.69) is 133 Å². The number of carbonyl (C=O) groups is 1. The van der Waals surface area contributed by atoms with Gasteiger partial charge in [0.05, 0.1) is 100 Å². The number of phenols is 4. The molecular formula is C100H143N11O18Si2. The van der Waals surface area contributed by atoms with Crippen LogP contribution in [0.2, 0.25) is 35.3 Å². The molecule has 6 aliphatic rings. The van der Waals surface area contributed by atoms with Gasteiger partial charge in [0.2, 0.25) is 0 Å². The number of carbonyl (C=O) groups excluding carboxylic acids is 1. The van der Waals surface area contributed by atoms with Crippen molar-refractivity contribution in [3.05, 3.63) is 173 Å². The van der Waals surface area contributed by atoms with Crippen LogP contribution in [0, 0.1) is 54.0 Å². The Labute approximate surface area is 779 Å². The van der Waals surface area contributed by atoms with Crippen LogP contribution < -0.4 is 54.3 Å². The summed E-state index contributed by atoms with van der Waals surface area (Å²) in [5, 5.41) is 53.1. The summed E-state index contributed by atoms with van der Waals surface area (Å²) in [4.78, 5) is 39.2. The molecule has 0 spiro atoms. The van der Waals surface area contributed by atoms with Gasteiger partial charge in [-0.05, 0) is 155 Å². The van der Waals surface area contributed by atoms with Gasteiger partial charge in [-0.2, -0.15) is 0 Å². The fourth-order valence-electron chi connectivity index (χ4n) is 20.7. The third-order valence-corrected chi connectivity index (χ3v) is 39.3. The summed E-state index contributed by atoms with van der Waals surface area (Å²) in [5.41, 5.74) is 19.0. The number of hydrogen-bond donors (Lipinski definition) is 7. The van der Waals surface area contributed by atoms with E-state index in [0.29, 0.717) is 173 Å². The first-order valence-electron chi connectivity index (χ1n) is 46.0. The van der Waals surface area contributed by atoms with Crippen molar-refractivity contribution in [2.45, 2.75) is 243 Å². The summed E-state index contributed by atoms with van der Waals surface area (Å²) in [5.74, 6) is 2.23. The van der Waals surface area contributed by atoms with Gasteiger partial charge in [0, 0.05) is 114 Å². The van der Waals surface area contributed by atoms with Crippen LogP contribution in [0.5, 0.6) is 69.0 Å². The Bertz CT molecular complexity index is 4990. The van der Waals surface area contributed by atoms with E-state index < -0.39 is 71.3 Å². The van der Waals surface area contributed by atoms with Gasteiger partial charge in [0.25, 0.3) is 25.7 Å². The van der Waals surface area contributed by atoms with Crippen molar-refractivity contribution in [2.24, 2.45) is 5.73 Å². The lowest BCUT2D eigenvalue weighted by Crippen LogP contribution is -2.61. The Morgan fingerprint density at radius 2 is 0.916 bits per heavy atom. The zero-order chi connectivity index (χ0) is 95.6. The number of morpholine rings is 2. The van der Waals surface area contributed by atoms with Crippen LogP contribution in [0.4, 0.5) is 4.79 Å². The van der Waals surface area contributed by atoms with Gasteiger partial charge in [-0.15, -0.1) is 0 Å². The summed E-state index contributed by atoms with van der Waals surface area (Å²) in [7, 11) is 8.16. The Morgan fingerprint density at radius 3 is 1.28 bits per heavy atom. The van der Waals surface area contributed by atoms with Crippen molar-refractivity contribution in [2.75, 3.05) is 143 Å². The van der Waals surface area contributed by atoms with Crippen LogP contribution in [0.1, 0.15) is 172 Å². The predicted molar refractivity (Wildman–Crippen MR) is 513 cm³/mol. The average molecular weight is 1840 g/mol. The number of methoxy groups -OCH3 is 8. The molecular weight excluding hydrogens is 1700 g/mol. The number of rotatable bonds is 35. The van der Waals surface area contributed by atoms with E-state index in [-0.39, 0.29) is 97.6 Å². The quantitative estimate of drug-likeness (QED) is 0.0144. The molecule has 5 heterocycles. The SMILES string of the molecule is C1CCNCC1.[C-]#[N+]CN1C(C(Cc2cc(O)c(OC)c(C)c2OC)NC(=O)OCC2c3ccccc3-c3ccccc32)c2c(O)c(OC)c(C)c(OC)c2CC1[C@@H]([N+]#[C-])N1CCO[C@@H](CCO[Si](C)(C(C)C)C(C)C)C1.[C-]#[N+]CN1C(C(N)Cc2cc(O)c(OC)c(C)c2OC)c2c(O)c(OC)c(C)c(OC)c2CC1[C@@H]([N+]#[C-])N1CCO[C@@H](CCO[Si](C)(C(C)C)C(C)C)C1. The number of phenolic OH excluding ortho intramolecular Hbond substituents is 4. The number of aromatic hydroxyl groups is 4. The van der Waals surface area contributed by atoms with Gasteiger partial charge in [0.1, 0.15) is 41.7 Å². The van der Waals surface area contributed by atoms with Crippen molar-refractivity contribution in [1.82, 2.24) is 30.2 Å². The van der Waals surface area contributed by atoms with Gasteiger partial charge in [0.15, 0.2) is 62.6 Å². The van der Waals surface area contributed by atoms with E-state index in [9.17, 15) is 25.2 Å². The first kappa shape index (κ1) is 103. The monoisotopic (exact) mass is 1840 g/mol. The largest absolute Gasteiger partial charge is 0.504 e. The minimum Gasteiger partial charge on any atom is -0.504 e. The van der Waals surface area contributed by atoms with E-state index in [4.69, 9.17) is 93.0 Å². The standard InChI is InChI=1S/C55H71N5O10Si.C40H61N5O8Si.C5H11N/c1-32(2)71(13,33(3)4)70-24-22-37-29-59(23-25-68-37)54(57-8)45-28-42-47(49(62)53(67-12)35(6)51(42)65-10)48(60(45)31-56-7)44(26-36-27-46(61)52(66-11)34(5)50(36)64-9)58-55(63)69-30-43-40-20-16-14-18-38(40)39-19-15-17-21-41(39)43;1-23(2)54(13,24(3)4)53-16-14-28-21-44(15-17-52-28)40(43-8)31-20-29-33(35(47)39(51-12)26(6)37(29)49-10)34(45(31)22-42-7)30(41)18-27-19-32(46)38(50-11)25(5)36(27)48-9;1-2-4-6-5-3-1/h14-21,27,32-33,37,43-45,48,54,61-62H,22-26,28-31H2,1-6,9-13H3,(H,58,63);19,23-24,28,30-31,34,40,46-47H,14-18,20-22,41H2,1-6,9-13H3;6H,1-5H2/t37-,44?,45?,48?,54-;28-,30?,31?,34?,40-;/m00./s1. The Balaban J connectivity index is 0.000000264. The van der Waals surface area contributed by atoms with E-state index in [0.717, 1.165) is 27.8 Å². The van der Waals surface area contributed by atoms with E-state index in [1.165, 1.54) is 67.9 Å². The highest BCUT2D eigenvalue weighted by atomic mass is 28.4. The normalized spacial score (nSPS) is 19.8. The maximum Gasteiger partial charge on any atom is 0.407 e. The molecule has 12 rings (SSSR count). The molecule has 8 N–H and O–H groups in total. The lowest BCUT2D eigenvalue weighted by atomic mass is 9.79. The fraction of sp³-hybridized carbons (Fsp3) is 0.590. The van der Waals surface area contributed by atoms with Gasteiger partial charge in [-0.25, -0.2) is 50.7 Å². The predicted octanol–water partition coefficient (Wildman–Crippen LogP) is 16.8. The number of alkyl carbamates (subject to hydrolysis) is 1. The molecule has 1 aliphatic carbocycles. The smallest absolute Gasteiger partial charge is 0.407 e. The summed E-state index contributed by atoms with van der Waals surface area (Å²) in [6, 6.07) is 14.7. The van der Waals surface area contributed by atoms with Crippen LogP contribution in [-0.2, 0) is 48.7 Å². The highest BCUT2D eigenvalue weighted by Gasteiger charge is 2.54. The minimum absolute atomic E-state index is 0.00629. The van der Waals surface area contributed by atoms with Crippen molar-refractivity contribution < 1.29 is 86.2 Å². The number of benzene rings is 6. The van der Waals surface area contributed by atoms with Crippen LogP contribution >= 0.6 is 0 Å². The zero-order valence-corrected chi connectivity index (χ0v) is 83.1. The maximum absolute atomic E-state index is 14.7. The molecule has 29 nitrogen and oxygen atoms in total. The van der Waals surface area contributed by atoms with Crippen molar-refractivity contribution in [1.29, 1.82) is 0 Å². The number of piperidine rings is 1. The molecule has 5 aliphatic heterocycles. The lowest BCUT2D eigenvalue weighted by molar-refractivity contribution is -0.0612. The molecule has 714 valence electrons. The summed E-state index contributed by atoms with van der Waals surface area (Å²) < 4.78 is 78.6. The summed E-state index contributed by atoms with van der Waals surface area (Å²) in [6.45, 7) is 70.0. The number of fused-ring (bicyclic) bond motifs is 5. The Morgan fingerprint density at radius 1 is 0.534 bits per heavy atom. The van der Waals surface area contributed by atoms with E-state index in [1.807, 2.05) is 41.0 Å². The van der Waals surface area contributed by atoms with Crippen LogP contribution in [0.3, 0.4) is 0 Å². The van der Waals surface area contributed by atoms with Crippen LogP contribution in [-0.4, -0.2) is 254 Å². The molecule has 0 saturated carbocycles. The molecule has 3 saturated heterocycles. The highest BCUT2D eigenvalue weighted by Crippen LogP contribution is 2.56. The maximum atomic E-state index is 14.7. The van der Waals surface area contributed by atoms with Gasteiger partial charge >= 0.3 is 6.09 Å². The molecule has 6 unspecified atom stereocenters. The molecule has 6 aromatic carbocycles. The second kappa shape index (κ2) is 46.7. The van der Waals surface area contributed by atoms with Crippen LogP contribution in [0.25, 0.3) is 30.5 Å². The second-order valence-electron chi connectivity index (χ2n) is 36.7. The van der Waals surface area contributed by atoms with E-state index >= 15 is 0 Å². The van der Waals surface area contributed by atoms with Gasteiger partial charge in [-0.3, -0.25) is 19.4 Å². The molecule has 6 aromatic rings. The zero-order valence-electron chi connectivity index (χ0n) is 81.1. The fourth-order valence-corrected chi connectivity index (χ4v) is 25.8. The van der Waals surface area contributed by atoms with Gasteiger partial charge < -0.3 is 97.8 Å². The Hall–Kier alpha value is -9.82. The van der Waals surface area contributed by atoms with Crippen molar-refractivity contribution in [3.63, 3.8) is 0 Å². The number of nitrogens with one attached hydrogen (secondary N) is 2. The van der Waals surface area contributed by atoms with E-state index in [1.54, 1.807) is 54.2 Å². The number of nitrogens with zero attached hydrogens (tertiary/aromatic N) is 8. The lowest BCUT2D eigenvalue weighted by Gasteiger charge is -2.46. The number of hydrogen-bond acceptors (Lipinski definition) is 24.